The molecule has 1 amide bonds. The fourth-order valence-corrected chi connectivity index (χ4v) is 4.41. The van der Waals surface area contributed by atoms with E-state index in [0.717, 1.165) is 5.82 Å². The summed E-state index contributed by atoms with van der Waals surface area (Å²) in [6.45, 7) is 2.57. The van der Waals surface area contributed by atoms with E-state index < -0.39 is 11.1 Å². The Kier molecular flexibility index (Phi) is 7.38. The molecule has 0 bridgehead atoms. The lowest BCUT2D eigenvalue weighted by Gasteiger charge is -2.35. The van der Waals surface area contributed by atoms with E-state index in [2.05, 4.69) is 20.3 Å². The molecule has 2 aromatic carbocycles. The van der Waals surface area contributed by atoms with Gasteiger partial charge in [0.25, 0.3) is 5.91 Å². The Hall–Kier alpha value is -3.21. The number of nitrogens with zero attached hydrogens (tertiary/aromatic N) is 4. The van der Waals surface area contributed by atoms with E-state index in [1.54, 1.807) is 55.0 Å². The molecule has 1 aliphatic rings. The Labute approximate surface area is 198 Å². The van der Waals surface area contributed by atoms with Gasteiger partial charge in [0.05, 0.1) is 19.0 Å². The van der Waals surface area contributed by atoms with Crippen LogP contribution in [0.3, 0.4) is 0 Å². The summed E-state index contributed by atoms with van der Waals surface area (Å²) in [6, 6.07) is 11.6. The summed E-state index contributed by atoms with van der Waals surface area (Å²) in [4.78, 5) is 25.5. The molecule has 0 radical (unpaired) electrons. The van der Waals surface area contributed by atoms with Crippen molar-refractivity contribution in [3.8, 4) is 5.75 Å². The number of halogens is 1. The molecule has 1 fully saturated rings. The minimum Gasteiger partial charge on any atom is -0.495 e. The van der Waals surface area contributed by atoms with Crippen molar-refractivity contribution in [3.63, 3.8) is 0 Å². The number of aromatic nitrogens is 2. The van der Waals surface area contributed by atoms with Gasteiger partial charge in [0, 0.05) is 49.2 Å². The predicted octanol–water partition coefficient (Wildman–Crippen LogP) is 3.17. The Morgan fingerprint density at radius 3 is 2.52 bits per heavy atom. The molecular weight excluding hydrogens is 466 g/mol. The molecule has 0 saturated carbocycles. The molecule has 4 rings (SSSR count). The zero-order valence-corrected chi connectivity index (χ0v) is 19.4. The number of carbonyl (C=O) groups excluding carboxylic acids is 1. The third-order valence-electron chi connectivity index (χ3n) is 5.11. The molecule has 1 aliphatic heterocycles. The maximum Gasteiger partial charge on any atom is 0.253 e. The van der Waals surface area contributed by atoms with Gasteiger partial charge in [-0.3, -0.25) is 15.3 Å². The number of hydrogen-bond acceptors (Lipinski definition) is 8. The van der Waals surface area contributed by atoms with Gasteiger partial charge in [0.2, 0.25) is 11.1 Å². The van der Waals surface area contributed by atoms with Gasteiger partial charge in [-0.15, -0.1) is 0 Å². The van der Waals surface area contributed by atoms with E-state index in [1.165, 1.54) is 13.2 Å². The van der Waals surface area contributed by atoms with Crippen LogP contribution < -0.4 is 15.1 Å². The van der Waals surface area contributed by atoms with Crippen molar-refractivity contribution in [2.45, 2.75) is 4.90 Å². The van der Waals surface area contributed by atoms with Crippen LogP contribution in [0.1, 0.15) is 10.4 Å². The number of carbonyl (C=O) groups is 1. The number of benzene rings is 2. The van der Waals surface area contributed by atoms with Crippen LogP contribution in [0.25, 0.3) is 0 Å². The average Bonchev–Trinajstić information content (AvgIpc) is 2.87. The normalized spacial score (nSPS) is 14.6. The summed E-state index contributed by atoms with van der Waals surface area (Å²) in [7, 11) is 1.47. The first-order valence-electron chi connectivity index (χ1n) is 10.1. The van der Waals surface area contributed by atoms with Crippen LogP contribution in [0.15, 0.2) is 66.0 Å². The number of nitrogens with one attached hydrogen (secondary N) is 1. The van der Waals surface area contributed by atoms with Crippen LogP contribution in [-0.2, 0) is 15.4 Å². The Morgan fingerprint density at radius 2 is 1.85 bits per heavy atom. The monoisotopic (exact) mass is 487 g/mol. The smallest absolute Gasteiger partial charge is 0.253 e. The van der Waals surface area contributed by atoms with E-state index >= 15 is 0 Å². The predicted molar refractivity (Wildman–Crippen MR) is 126 cm³/mol. The molecule has 33 heavy (non-hydrogen) atoms. The molecule has 0 aliphatic carbocycles. The fourth-order valence-electron chi connectivity index (χ4n) is 3.37. The third kappa shape index (κ3) is 5.59. The number of methoxy groups -OCH3 is 1. The summed E-state index contributed by atoms with van der Waals surface area (Å²) >= 11 is 4.12. The first kappa shape index (κ1) is 23.0. The second-order valence-corrected chi connectivity index (χ2v) is 8.65. The minimum absolute atomic E-state index is 0.0477. The van der Waals surface area contributed by atoms with E-state index in [4.69, 9.17) is 20.6 Å². The van der Waals surface area contributed by atoms with Gasteiger partial charge < -0.3 is 14.5 Å². The number of piperazine rings is 1. The first-order chi connectivity index (χ1) is 16.0. The highest BCUT2D eigenvalue weighted by Crippen LogP contribution is 2.26. The molecule has 0 spiro atoms. The number of anilines is 2. The zero-order chi connectivity index (χ0) is 23.2. The van der Waals surface area contributed by atoms with Gasteiger partial charge in [-0.25, -0.2) is 9.19 Å². The summed E-state index contributed by atoms with van der Waals surface area (Å²) in [6.07, 6.45) is 5.02. The van der Waals surface area contributed by atoms with Gasteiger partial charge >= 0.3 is 0 Å². The second kappa shape index (κ2) is 10.6. The van der Waals surface area contributed by atoms with Crippen molar-refractivity contribution in [2.24, 2.45) is 0 Å². The van der Waals surface area contributed by atoms with Crippen molar-refractivity contribution in [3.05, 3.63) is 71.6 Å². The van der Waals surface area contributed by atoms with Crippen LogP contribution in [0, 0.1) is 0 Å². The number of rotatable bonds is 7. The molecule has 1 atom stereocenters. The van der Waals surface area contributed by atoms with E-state index in [1.807, 2.05) is 4.90 Å². The quantitative estimate of drug-likeness (QED) is 0.507. The molecule has 1 saturated heterocycles. The largest absolute Gasteiger partial charge is 0.495 e. The molecule has 11 heteroatoms. The molecular formula is C22H22ClN5O4S. The van der Waals surface area contributed by atoms with Crippen molar-refractivity contribution in [1.29, 1.82) is 0 Å². The number of amides is 1. The van der Waals surface area contributed by atoms with Crippen LogP contribution in [0.4, 0.5) is 11.5 Å². The molecule has 1 unspecified atom stereocenters. The summed E-state index contributed by atoms with van der Waals surface area (Å²) < 4.78 is 22.9. The standard InChI is InChI=1S/C22H22ClN5O4S/c1-31-19-7-4-17(23)14-20(19)33(30)32-26-18-5-2-16(3-6-18)22(29)28-12-10-27(11-13-28)21-15-24-8-9-25-21/h2-9,14-15,26H,10-13H2,1H3. The van der Waals surface area contributed by atoms with Crippen molar-refractivity contribution < 1.29 is 18.0 Å². The molecule has 1 aromatic heterocycles. The van der Waals surface area contributed by atoms with Crippen molar-refractivity contribution in [1.82, 2.24) is 14.9 Å². The Bertz CT molecular complexity index is 1130. The van der Waals surface area contributed by atoms with Gasteiger partial charge in [-0.1, -0.05) is 11.6 Å². The van der Waals surface area contributed by atoms with Crippen LogP contribution in [0.2, 0.25) is 5.02 Å². The molecule has 172 valence electrons. The molecule has 2 heterocycles. The van der Waals surface area contributed by atoms with Crippen LogP contribution >= 0.6 is 11.6 Å². The highest BCUT2D eigenvalue weighted by molar-refractivity contribution is 7.80. The lowest BCUT2D eigenvalue weighted by molar-refractivity contribution is 0.0746. The highest BCUT2D eigenvalue weighted by Gasteiger charge is 2.23. The van der Waals surface area contributed by atoms with E-state index in [-0.39, 0.29) is 5.91 Å². The first-order valence-corrected chi connectivity index (χ1v) is 11.6. The lowest BCUT2D eigenvalue weighted by Crippen LogP contribution is -2.49. The number of hydrogen-bond donors (Lipinski definition) is 1. The third-order valence-corrected chi connectivity index (χ3v) is 6.26. The second-order valence-electron chi connectivity index (χ2n) is 7.14. The molecule has 3 aromatic rings. The maximum atomic E-state index is 12.9. The van der Waals surface area contributed by atoms with Gasteiger partial charge in [-0.2, -0.15) is 4.28 Å². The Balaban J connectivity index is 1.32. The molecule has 9 nitrogen and oxygen atoms in total. The van der Waals surface area contributed by atoms with Gasteiger partial charge in [0.15, 0.2) is 0 Å². The average molecular weight is 488 g/mol. The fraction of sp³-hybridized carbons (Fsp3) is 0.227. The highest BCUT2D eigenvalue weighted by atomic mass is 35.5. The lowest BCUT2D eigenvalue weighted by atomic mass is 10.1. The SMILES string of the molecule is COc1ccc(Cl)cc1S(=O)ONc1ccc(C(=O)N2CCN(c3cnccn3)CC2)cc1. The molecule has 1 N–H and O–H groups in total. The van der Waals surface area contributed by atoms with Crippen molar-refractivity contribution in [2.75, 3.05) is 43.7 Å². The summed E-state index contributed by atoms with van der Waals surface area (Å²) in [5.74, 6) is 1.17. The minimum atomic E-state index is -1.85. The topological polar surface area (TPSA) is 96.9 Å². The zero-order valence-electron chi connectivity index (χ0n) is 17.8. The van der Waals surface area contributed by atoms with Gasteiger partial charge in [-0.05, 0) is 42.5 Å². The maximum absolute atomic E-state index is 12.9. The van der Waals surface area contributed by atoms with E-state index in [0.29, 0.717) is 53.1 Å². The Morgan fingerprint density at radius 1 is 1.09 bits per heavy atom. The van der Waals surface area contributed by atoms with E-state index in [9.17, 15) is 9.00 Å². The van der Waals surface area contributed by atoms with Crippen LogP contribution in [0.5, 0.6) is 5.75 Å². The van der Waals surface area contributed by atoms with Crippen molar-refractivity contribution >= 4 is 40.1 Å². The van der Waals surface area contributed by atoms with Gasteiger partial charge in [0.1, 0.15) is 16.5 Å². The number of ether oxygens (including phenoxy) is 1. The summed E-state index contributed by atoms with van der Waals surface area (Å²) in [5, 5.41) is 0.420. The summed E-state index contributed by atoms with van der Waals surface area (Å²) in [5.41, 5.74) is 3.75. The van der Waals surface area contributed by atoms with Crippen LogP contribution in [-0.4, -0.2) is 58.3 Å².